The van der Waals surface area contributed by atoms with Crippen molar-refractivity contribution in [3.05, 3.63) is 46.5 Å². The van der Waals surface area contributed by atoms with Crippen LogP contribution in [-0.4, -0.2) is 47.0 Å². The zero-order valence-corrected chi connectivity index (χ0v) is 17.1. The Morgan fingerprint density at radius 1 is 1.13 bits per heavy atom. The molecule has 8 heteroatoms. The molecule has 1 aliphatic rings. The fourth-order valence-electron chi connectivity index (χ4n) is 3.48. The number of phenols is 3. The lowest BCUT2D eigenvalue weighted by Crippen LogP contribution is -2.45. The van der Waals surface area contributed by atoms with Crippen molar-refractivity contribution in [2.75, 3.05) is 20.8 Å². The number of hydrogen-bond donors (Lipinski definition) is 4. The highest BCUT2D eigenvalue weighted by atomic mass is 16.5. The van der Waals surface area contributed by atoms with E-state index in [1.54, 1.807) is 0 Å². The van der Waals surface area contributed by atoms with Gasteiger partial charge in [-0.25, -0.2) is 0 Å². The normalized spacial score (nSPS) is 17.7. The third-order valence-corrected chi connectivity index (χ3v) is 4.97. The van der Waals surface area contributed by atoms with Crippen LogP contribution in [0.25, 0.3) is 0 Å². The number of hydrogen-bond acceptors (Lipinski definition) is 8. The summed E-state index contributed by atoms with van der Waals surface area (Å²) in [4.78, 5) is 13.2. The minimum absolute atomic E-state index is 0.0245. The number of carbonyl (C=O) groups is 1. The molecule has 30 heavy (non-hydrogen) atoms. The molecule has 0 aromatic heterocycles. The molecular formula is C22H24O8. The Balaban J connectivity index is 2.23. The van der Waals surface area contributed by atoms with E-state index in [4.69, 9.17) is 14.2 Å². The van der Waals surface area contributed by atoms with Crippen LogP contribution >= 0.6 is 0 Å². The topological polar surface area (TPSA) is 126 Å². The van der Waals surface area contributed by atoms with Gasteiger partial charge in [0.05, 0.1) is 14.2 Å². The van der Waals surface area contributed by atoms with Gasteiger partial charge in [0.2, 0.25) is 11.5 Å². The van der Waals surface area contributed by atoms with Crippen molar-refractivity contribution in [3.8, 4) is 34.5 Å². The zero-order valence-electron chi connectivity index (χ0n) is 17.1. The van der Waals surface area contributed by atoms with Gasteiger partial charge in [-0.1, -0.05) is 11.6 Å². The van der Waals surface area contributed by atoms with Crippen molar-refractivity contribution < 1.29 is 39.4 Å². The molecule has 0 unspecified atom stereocenters. The number of Topliss-reactive ketones (excluding diaryl/α,β-unsaturated/α-hetero) is 1. The fraction of sp³-hybridized carbons (Fsp3) is 0.318. The van der Waals surface area contributed by atoms with E-state index in [0.29, 0.717) is 12.0 Å². The summed E-state index contributed by atoms with van der Waals surface area (Å²) in [6, 6.07) is 3.67. The molecule has 160 valence electrons. The van der Waals surface area contributed by atoms with Crippen LogP contribution in [0.2, 0.25) is 0 Å². The van der Waals surface area contributed by atoms with Gasteiger partial charge in [-0.3, -0.25) is 4.79 Å². The summed E-state index contributed by atoms with van der Waals surface area (Å²) in [7, 11) is 2.68. The predicted molar refractivity (Wildman–Crippen MR) is 108 cm³/mol. The van der Waals surface area contributed by atoms with E-state index in [1.807, 2.05) is 19.9 Å². The highest BCUT2D eigenvalue weighted by Gasteiger charge is 2.48. The van der Waals surface area contributed by atoms with Gasteiger partial charge in [-0.2, -0.15) is 0 Å². The van der Waals surface area contributed by atoms with E-state index in [2.05, 4.69) is 0 Å². The first-order chi connectivity index (χ1) is 14.1. The summed E-state index contributed by atoms with van der Waals surface area (Å²) < 4.78 is 16.1. The molecule has 0 fully saturated rings. The molecular weight excluding hydrogens is 392 g/mol. The highest BCUT2D eigenvalue weighted by Crippen LogP contribution is 2.49. The number of phenolic OH excluding ortho intramolecular Hbond substituents is 3. The standard InChI is InChI=1S/C22H24O8/c1-11(2)5-6-12-7-14(20(29-4)18(25)19(12)28-3)22(27)10-30-16-9-13(23)8-15(24)17(16)21(22)26/h5,7-9,23-25,27H,6,10H2,1-4H3/t22-/m1/s1. The summed E-state index contributed by atoms with van der Waals surface area (Å²) in [5.41, 5.74) is -0.998. The van der Waals surface area contributed by atoms with Crippen molar-refractivity contribution in [2.45, 2.75) is 25.9 Å². The van der Waals surface area contributed by atoms with Crippen LogP contribution in [0.15, 0.2) is 29.8 Å². The molecule has 0 bridgehead atoms. The van der Waals surface area contributed by atoms with Gasteiger partial charge in [-0.05, 0) is 26.3 Å². The largest absolute Gasteiger partial charge is 0.508 e. The maximum Gasteiger partial charge on any atom is 0.210 e. The Bertz CT molecular complexity index is 1040. The summed E-state index contributed by atoms with van der Waals surface area (Å²) in [5, 5.41) is 41.9. The van der Waals surface area contributed by atoms with Crippen LogP contribution in [0.3, 0.4) is 0 Å². The van der Waals surface area contributed by atoms with Crippen LogP contribution < -0.4 is 14.2 Å². The second-order valence-corrected chi connectivity index (χ2v) is 7.30. The first kappa shape index (κ1) is 21.3. The summed E-state index contributed by atoms with van der Waals surface area (Å²) in [5.74, 6) is -2.07. The average molecular weight is 416 g/mol. The van der Waals surface area contributed by atoms with Gasteiger partial charge in [-0.15, -0.1) is 0 Å². The van der Waals surface area contributed by atoms with Crippen LogP contribution in [0.5, 0.6) is 34.5 Å². The maximum absolute atomic E-state index is 13.2. The highest BCUT2D eigenvalue weighted by molar-refractivity contribution is 6.08. The molecule has 1 atom stereocenters. The molecule has 1 heterocycles. The van der Waals surface area contributed by atoms with Gasteiger partial charge in [0.25, 0.3) is 0 Å². The third kappa shape index (κ3) is 3.39. The Morgan fingerprint density at radius 3 is 2.40 bits per heavy atom. The van der Waals surface area contributed by atoms with Gasteiger partial charge in [0.15, 0.2) is 17.1 Å². The lowest BCUT2D eigenvalue weighted by atomic mass is 9.82. The number of carbonyl (C=O) groups excluding carboxylic acids is 1. The van der Waals surface area contributed by atoms with Crippen molar-refractivity contribution in [2.24, 2.45) is 0 Å². The Labute approximate surface area is 173 Å². The first-order valence-electron chi connectivity index (χ1n) is 9.20. The van der Waals surface area contributed by atoms with Crippen LogP contribution in [0.4, 0.5) is 0 Å². The molecule has 0 amide bonds. The number of aromatic hydroxyl groups is 3. The summed E-state index contributed by atoms with van der Waals surface area (Å²) in [6.45, 7) is 3.32. The zero-order chi connectivity index (χ0) is 22.2. The Morgan fingerprint density at radius 2 is 1.80 bits per heavy atom. The van der Waals surface area contributed by atoms with Crippen molar-refractivity contribution >= 4 is 5.78 Å². The van der Waals surface area contributed by atoms with Crippen LogP contribution in [0.1, 0.15) is 35.3 Å². The third-order valence-electron chi connectivity index (χ3n) is 4.97. The summed E-state index contributed by atoms with van der Waals surface area (Å²) >= 11 is 0. The smallest absolute Gasteiger partial charge is 0.210 e. The molecule has 0 radical (unpaired) electrons. The van der Waals surface area contributed by atoms with Gasteiger partial charge in [0.1, 0.15) is 29.4 Å². The number of allylic oxidation sites excluding steroid dienone is 2. The number of ether oxygens (including phenoxy) is 3. The van der Waals surface area contributed by atoms with Crippen LogP contribution in [0, 0.1) is 0 Å². The second-order valence-electron chi connectivity index (χ2n) is 7.30. The number of benzene rings is 2. The van der Waals surface area contributed by atoms with E-state index < -0.39 is 23.7 Å². The van der Waals surface area contributed by atoms with E-state index in [-0.39, 0.29) is 39.9 Å². The number of methoxy groups -OCH3 is 2. The van der Waals surface area contributed by atoms with Crippen molar-refractivity contribution in [3.63, 3.8) is 0 Å². The monoisotopic (exact) mass is 416 g/mol. The van der Waals surface area contributed by atoms with Gasteiger partial charge in [0, 0.05) is 23.3 Å². The second kappa shape index (κ2) is 7.79. The maximum atomic E-state index is 13.2. The number of aliphatic hydroxyl groups is 1. The molecule has 8 nitrogen and oxygen atoms in total. The van der Waals surface area contributed by atoms with E-state index in [9.17, 15) is 25.2 Å². The van der Waals surface area contributed by atoms with Crippen molar-refractivity contribution in [1.82, 2.24) is 0 Å². The quantitative estimate of drug-likeness (QED) is 0.548. The van der Waals surface area contributed by atoms with Crippen LogP contribution in [-0.2, 0) is 12.0 Å². The first-order valence-corrected chi connectivity index (χ1v) is 9.20. The molecule has 0 saturated heterocycles. The lowest BCUT2D eigenvalue weighted by Gasteiger charge is -2.34. The van der Waals surface area contributed by atoms with E-state index in [1.165, 1.54) is 26.4 Å². The van der Waals surface area contributed by atoms with Gasteiger partial charge < -0.3 is 34.6 Å². The lowest BCUT2D eigenvalue weighted by molar-refractivity contribution is -0.00694. The Hall–Kier alpha value is -3.39. The molecule has 0 spiro atoms. The molecule has 0 saturated carbocycles. The molecule has 4 N–H and O–H groups in total. The number of fused-ring (bicyclic) bond motifs is 1. The van der Waals surface area contributed by atoms with Gasteiger partial charge >= 0.3 is 0 Å². The number of rotatable bonds is 5. The molecule has 3 rings (SSSR count). The minimum Gasteiger partial charge on any atom is -0.508 e. The Kier molecular flexibility index (Phi) is 5.54. The fourth-order valence-corrected chi connectivity index (χ4v) is 3.48. The minimum atomic E-state index is -2.25. The van der Waals surface area contributed by atoms with E-state index >= 15 is 0 Å². The summed E-state index contributed by atoms with van der Waals surface area (Å²) in [6.07, 6.45) is 2.28. The molecule has 2 aromatic carbocycles. The molecule has 0 aliphatic carbocycles. The average Bonchev–Trinajstić information content (AvgIpc) is 2.68. The SMILES string of the molecule is COc1c(CC=C(C)C)cc([C@]2(O)COc3cc(O)cc(O)c3C2=O)c(OC)c1O. The molecule has 2 aromatic rings. The molecule has 1 aliphatic heterocycles. The van der Waals surface area contributed by atoms with Crippen molar-refractivity contribution in [1.29, 1.82) is 0 Å². The van der Waals surface area contributed by atoms with E-state index in [0.717, 1.165) is 11.6 Å². The number of ketones is 1. The predicted octanol–water partition coefficient (Wildman–Crippen LogP) is 2.79.